The van der Waals surface area contributed by atoms with Crippen LogP contribution in [0.3, 0.4) is 0 Å². The molecular formula is C22H22S. The molecule has 3 fully saturated rings. The second-order valence-electron chi connectivity index (χ2n) is 7.22. The van der Waals surface area contributed by atoms with Gasteiger partial charge in [0.2, 0.25) is 0 Å². The minimum atomic E-state index is 0.843. The van der Waals surface area contributed by atoms with Crippen molar-refractivity contribution in [2.45, 2.75) is 12.8 Å². The fourth-order valence-corrected chi connectivity index (χ4v) is 6.97. The molecule has 2 aromatic rings. The van der Waals surface area contributed by atoms with E-state index < -0.39 is 0 Å². The van der Waals surface area contributed by atoms with E-state index in [9.17, 15) is 0 Å². The lowest BCUT2D eigenvalue weighted by molar-refractivity contribution is 0.281. The summed E-state index contributed by atoms with van der Waals surface area (Å²) in [6, 6.07) is 22.2. The van der Waals surface area contributed by atoms with Gasteiger partial charge in [-0.2, -0.15) is 11.8 Å². The van der Waals surface area contributed by atoms with Crippen LogP contribution < -0.4 is 0 Å². The van der Waals surface area contributed by atoms with Crippen LogP contribution in [0, 0.1) is 23.7 Å². The van der Waals surface area contributed by atoms with Gasteiger partial charge in [-0.05, 0) is 64.7 Å². The number of allylic oxidation sites excluding steroid dienone is 1. The quantitative estimate of drug-likeness (QED) is 0.704. The van der Waals surface area contributed by atoms with Crippen LogP contribution in [-0.4, -0.2) is 11.5 Å². The summed E-state index contributed by atoms with van der Waals surface area (Å²) in [5, 5.41) is 0. The smallest absolute Gasteiger partial charge is 0.00301 e. The molecule has 1 saturated heterocycles. The first kappa shape index (κ1) is 13.9. The van der Waals surface area contributed by atoms with Crippen LogP contribution >= 0.6 is 11.8 Å². The molecule has 0 unspecified atom stereocenters. The van der Waals surface area contributed by atoms with Crippen LogP contribution in [0.25, 0.3) is 5.57 Å². The van der Waals surface area contributed by atoms with Crippen LogP contribution in [0.4, 0.5) is 0 Å². The minimum Gasteiger partial charge on any atom is -0.161 e. The molecular weight excluding hydrogens is 296 g/mol. The SMILES string of the molecule is c1ccc(C(=C2[C@H]3CC[C@@H]2[C@H]2CSC[C@@H]23)c2ccccc2)cc1. The highest BCUT2D eigenvalue weighted by molar-refractivity contribution is 7.99. The summed E-state index contributed by atoms with van der Waals surface area (Å²) >= 11 is 2.20. The second-order valence-corrected chi connectivity index (χ2v) is 8.29. The van der Waals surface area contributed by atoms with E-state index in [1.807, 2.05) is 0 Å². The van der Waals surface area contributed by atoms with Gasteiger partial charge in [-0.3, -0.25) is 0 Å². The third-order valence-corrected chi connectivity index (χ3v) is 7.45. The second kappa shape index (κ2) is 5.56. The molecule has 0 nitrogen and oxygen atoms in total. The predicted octanol–water partition coefficient (Wildman–Crippen LogP) is 5.51. The molecule has 2 aliphatic carbocycles. The van der Waals surface area contributed by atoms with Gasteiger partial charge in [0.1, 0.15) is 0 Å². The lowest BCUT2D eigenvalue weighted by Gasteiger charge is -2.21. The van der Waals surface area contributed by atoms with Gasteiger partial charge < -0.3 is 0 Å². The highest BCUT2D eigenvalue weighted by atomic mass is 32.2. The van der Waals surface area contributed by atoms with Gasteiger partial charge in [0, 0.05) is 0 Å². The Labute approximate surface area is 143 Å². The summed E-state index contributed by atoms with van der Waals surface area (Å²) in [5.74, 6) is 6.39. The highest BCUT2D eigenvalue weighted by Crippen LogP contribution is 2.62. The Morgan fingerprint density at radius 1 is 0.696 bits per heavy atom. The van der Waals surface area contributed by atoms with E-state index >= 15 is 0 Å². The zero-order chi connectivity index (χ0) is 15.2. The lowest BCUT2D eigenvalue weighted by Crippen LogP contribution is -2.19. The Balaban J connectivity index is 1.72. The number of hydrogen-bond donors (Lipinski definition) is 0. The molecule has 2 aromatic carbocycles. The summed E-state index contributed by atoms with van der Waals surface area (Å²) in [7, 11) is 0. The minimum absolute atomic E-state index is 0.843. The number of thioether (sulfide) groups is 1. The Kier molecular flexibility index (Phi) is 3.37. The van der Waals surface area contributed by atoms with Gasteiger partial charge in [-0.15, -0.1) is 0 Å². The van der Waals surface area contributed by atoms with Gasteiger partial charge in [-0.25, -0.2) is 0 Å². The molecule has 3 aliphatic rings. The van der Waals surface area contributed by atoms with Crippen molar-refractivity contribution in [3.05, 3.63) is 77.4 Å². The summed E-state index contributed by atoms with van der Waals surface area (Å²) in [6.45, 7) is 0. The molecule has 2 saturated carbocycles. The summed E-state index contributed by atoms with van der Waals surface area (Å²) in [5.41, 5.74) is 6.19. The Hall–Kier alpha value is -1.47. The van der Waals surface area contributed by atoms with Crippen molar-refractivity contribution in [2.75, 3.05) is 11.5 Å². The monoisotopic (exact) mass is 318 g/mol. The summed E-state index contributed by atoms with van der Waals surface area (Å²) < 4.78 is 0. The Morgan fingerprint density at radius 3 is 1.65 bits per heavy atom. The number of rotatable bonds is 2. The van der Waals surface area contributed by atoms with Crippen molar-refractivity contribution in [1.29, 1.82) is 0 Å². The van der Waals surface area contributed by atoms with Crippen LogP contribution in [0.1, 0.15) is 24.0 Å². The van der Waals surface area contributed by atoms with E-state index in [4.69, 9.17) is 0 Å². The zero-order valence-electron chi connectivity index (χ0n) is 13.3. The molecule has 0 N–H and O–H groups in total. The van der Waals surface area contributed by atoms with Crippen LogP contribution in [0.15, 0.2) is 66.2 Å². The third-order valence-electron chi connectivity index (χ3n) is 6.21. The molecule has 0 aromatic heterocycles. The zero-order valence-corrected chi connectivity index (χ0v) is 14.1. The van der Waals surface area contributed by atoms with Crippen molar-refractivity contribution < 1.29 is 0 Å². The Morgan fingerprint density at radius 2 is 1.17 bits per heavy atom. The third kappa shape index (κ3) is 2.13. The first-order valence-electron chi connectivity index (χ1n) is 8.86. The first-order valence-corrected chi connectivity index (χ1v) is 10.0. The molecule has 0 radical (unpaired) electrons. The van der Waals surface area contributed by atoms with Crippen molar-refractivity contribution in [2.24, 2.45) is 23.7 Å². The van der Waals surface area contributed by atoms with Gasteiger partial charge in [0.15, 0.2) is 0 Å². The van der Waals surface area contributed by atoms with Gasteiger partial charge >= 0.3 is 0 Å². The van der Waals surface area contributed by atoms with Crippen LogP contribution in [-0.2, 0) is 0 Å². The van der Waals surface area contributed by atoms with Gasteiger partial charge in [0.25, 0.3) is 0 Å². The molecule has 1 heterocycles. The highest BCUT2D eigenvalue weighted by Gasteiger charge is 2.53. The number of benzene rings is 2. The standard InChI is InChI=1S/C22H22S/c1-3-7-15(8-4-1)21(16-9-5-2-6-10-16)22-17-11-12-18(22)20-14-23-13-19(17)20/h1-10,17-20H,11-14H2/t17-,18+,19-,20-/m1/s1. The van der Waals surface area contributed by atoms with Crippen molar-refractivity contribution in [3.8, 4) is 0 Å². The van der Waals surface area contributed by atoms with Gasteiger partial charge in [0.05, 0.1) is 0 Å². The van der Waals surface area contributed by atoms with Gasteiger partial charge in [-0.1, -0.05) is 66.2 Å². The maximum atomic E-state index is 2.30. The fraction of sp³-hybridized carbons (Fsp3) is 0.364. The number of hydrogen-bond acceptors (Lipinski definition) is 1. The maximum Gasteiger partial charge on any atom is -0.00301 e. The molecule has 1 heteroatoms. The van der Waals surface area contributed by atoms with Crippen molar-refractivity contribution in [3.63, 3.8) is 0 Å². The molecule has 1 aliphatic heterocycles. The summed E-state index contributed by atoms with van der Waals surface area (Å²) in [6.07, 6.45) is 2.84. The Bertz CT molecular complexity index is 670. The first-order chi connectivity index (χ1) is 11.4. The molecule has 23 heavy (non-hydrogen) atoms. The maximum absolute atomic E-state index is 2.30. The lowest BCUT2D eigenvalue weighted by atomic mass is 9.82. The molecule has 0 spiro atoms. The van der Waals surface area contributed by atoms with Crippen LogP contribution in [0.2, 0.25) is 0 Å². The predicted molar refractivity (Wildman–Crippen MR) is 99.4 cm³/mol. The van der Waals surface area contributed by atoms with Crippen molar-refractivity contribution in [1.82, 2.24) is 0 Å². The molecule has 2 bridgehead atoms. The molecule has 116 valence electrons. The fourth-order valence-electron chi connectivity index (χ4n) is 5.33. The van der Waals surface area contributed by atoms with E-state index in [0.29, 0.717) is 0 Å². The average molecular weight is 318 g/mol. The van der Waals surface area contributed by atoms with Crippen molar-refractivity contribution >= 4 is 17.3 Å². The van der Waals surface area contributed by atoms with E-state index in [1.54, 1.807) is 11.1 Å². The van der Waals surface area contributed by atoms with Crippen LogP contribution in [0.5, 0.6) is 0 Å². The molecule has 4 atom stereocenters. The molecule has 0 amide bonds. The topological polar surface area (TPSA) is 0 Å². The van der Waals surface area contributed by atoms with E-state index in [-0.39, 0.29) is 0 Å². The largest absolute Gasteiger partial charge is 0.161 e. The normalized spacial score (nSPS) is 31.4. The average Bonchev–Trinajstić information content (AvgIpc) is 3.30. The summed E-state index contributed by atoms with van der Waals surface area (Å²) in [4.78, 5) is 0. The van der Waals surface area contributed by atoms with E-state index in [2.05, 4.69) is 72.4 Å². The number of fused-ring (bicyclic) bond motifs is 5. The molecule has 5 rings (SSSR count). The van der Waals surface area contributed by atoms with E-state index in [1.165, 1.54) is 35.5 Å². The van der Waals surface area contributed by atoms with E-state index in [0.717, 1.165) is 23.7 Å².